The lowest BCUT2D eigenvalue weighted by atomic mass is 10.1. The van der Waals surface area contributed by atoms with Crippen LogP contribution in [0.2, 0.25) is 0 Å². The molecule has 148 valence electrons. The number of ether oxygens (including phenoxy) is 1. The van der Waals surface area contributed by atoms with Gasteiger partial charge in [-0.15, -0.1) is 0 Å². The Kier molecular flexibility index (Phi) is 6.42. The fourth-order valence-corrected chi connectivity index (χ4v) is 2.73. The van der Waals surface area contributed by atoms with Gasteiger partial charge in [-0.2, -0.15) is 0 Å². The summed E-state index contributed by atoms with van der Waals surface area (Å²) in [5, 5.41) is 5.37. The van der Waals surface area contributed by atoms with E-state index in [0.717, 1.165) is 5.56 Å². The molecule has 7 nitrogen and oxygen atoms in total. The molecule has 1 atom stereocenters. The molecule has 1 heterocycles. The summed E-state index contributed by atoms with van der Waals surface area (Å²) in [7, 11) is 1.28. The van der Waals surface area contributed by atoms with E-state index in [0.29, 0.717) is 17.7 Å². The van der Waals surface area contributed by atoms with Crippen molar-refractivity contribution in [1.82, 2.24) is 5.32 Å². The van der Waals surface area contributed by atoms with Gasteiger partial charge in [0.25, 0.3) is 11.8 Å². The molecule has 0 bridgehead atoms. The molecule has 7 heteroatoms. The minimum Gasteiger partial charge on any atom is -0.467 e. The number of rotatable bonds is 7. The van der Waals surface area contributed by atoms with E-state index in [1.807, 2.05) is 30.3 Å². The predicted molar refractivity (Wildman–Crippen MR) is 107 cm³/mol. The van der Waals surface area contributed by atoms with Gasteiger partial charge in [0.1, 0.15) is 6.04 Å². The Bertz CT molecular complexity index is 966. The summed E-state index contributed by atoms with van der Waals surface area (Å²) in [6.45, 7) is 0. The van der Waals surface area contributed by atoms with Gasteiger partial charge in [-0.1, -0.05) is 30.3 Å². The van der Waals surface area contributed by atoms with E-state index >= 15 is 0 Å². The second-order valence-corrected chi connectivity index (χ2v) is 6.25. The largest absolute Gasteiger partial charge is 0.467 e. The molecule has 0 unspecified atom stereocenters. The van der Waals surface area contributed by atoms with E-state index in [9.17, 15) is 14.4 Å². The molecule has 2 aromatic carbocycles. The number of methoxy groups -OCH3 is 1. The first-order chi connectivity index (χ1) is 14.1. The monoisotopic (exact) mass is 392 g/mol. The summed E-state index contributed by atoms with van der Waals surface area (Å²) in [6.07, 6.45) is 1.73. The lowest BCUT2D eigenvalue weighted by Gasteiger charge is -2.17. The van der Waals surface area contributed by atoms with Crippen LogP contribution in [0, 0.1) is 0 Å². The van der Waals surface area contributed by atoms with Crippen LogP contribution in [0.1, 0.15) is 26.5 Å². The van der Waals surface area contributed by atoms with Gasteiger partial charge in [0, 0.05) is 17.7 Å². The molecule has 2 N–H and O–H groups in total. The summed E-state index contributed by atoms with van der Waals surface area (Å²) >= 11 is 0. The van der Waals surface area contributed by atoms with Gasteiger partial charge in [-0.3, -0.25) is 9.59 Å². The summed E-state index contributed by atoms with van der Waals surface area (Å²) < 4.78 is 9.84. The van der Waals surface area contributed by atoms with Gasteiger partial charge in [-0.05, 0) is 42.0 Å². The third-order valence-corrected chi connectivity index (χ3v) is 4.22. The van der Waals surface area contributed by atoms with E-state index in [4.69, 9.17) is 9.15 Å². The van der Waals surface area contributed by atoms with E-state index in [1.54, 1.807) is 36.4 Å². The number of amides is 2. The average molecular weight is 392 g/mol. The molecule has 0 saturated carbocycles. The molecule has 1 aromatic heterocycles. The van der Waals surface area contributed by atoms with Crippen LogP contribution in [0.15, 0.2) is 77.4 Å². The number of hydrogen-bond donors (Lipinski definition) is 2. The zero-order valence-electron chi connectivity index (χ0n) is 15.8. The SMILES string of the molecule is COC(=O)[C@@H](Cc1ccccc1)NC(=O)c1ccc(NC(=O)c2ccco2)cc1. The van der Waals surface area contributed by atoms with Gasteiger partial charge in [0.15, 0.2) is 5.76 Å². The molecule has 0 fully saturated rings. The quantitative estimate of drug-likeness (QED) is 0.603. The van der Waals surface area contributed by atoms with Gasteiger partial charge in [0.2, 0.25) is 0 Å². The molecular weight excluding hydrogens is 372 g/mol. The highest BCUT2D eigenvalue weighted by molar-refractivity contribution is 6.02. The predicted octanol–water partition coefficient (Wildman–Crippen LogP) is 3.05. The minimum atomic E-state index is -0.812. The maximum atomic E-state index is 12.6. The molecule has 0 saturated heterocycles. The summed E-state index contributed by atoms with van der Waals surface area (Å²) in [4.78, 5) is 36.6. The van der Waals surface area contributed by atoms with E-state index in [-0.39, 0.29) is 11.7 Å². The number of anilines is 1. The van der Waals surface area contributed by atoms with Gasteiger partial charge < -0.3 is 19.8 Å². The van der Waals surface area contributed by atoms with E-state index < -0.39 is 17.9 Å². The number of hydrogen-bond acceptors (Lipinski definition) is 5. The van der Waals surface area contributed by atoms with Crippen LogP contribution in [-0.4, -0.2) is 30.9 Å². The van der Waals surface area contributed by atoms with E-state index in [1.165, 1.54) is 13.4 Å². The topological polar surface area (TPSA) is 97.6 Å². The van der Waals surface area contributed by atoms with Crippen LogP contribution in [0.5, 0.6) is 0 Å². The first kappa shape index (κ1) is 19.9. The van der Waals surface area contributed by atoms with Crippen LogP contribution in [0.25, 0.3) is 0 Å². The maximum absolute atomic E-state index is 12.6. The third-order valence-electron chi connectivity index (χ3n) is 4.22. The van der Waals surface area contributed by atoms with Gasteiger partial charge in [0.05, 0.1) is 13.4 Å². The maximum Gasteiger partial charge on any atom is 0.328 e. The Morgan fingerprint density at radius 3 is 2.28 bits per heavy atom. The third kappa shape index (κ3) is 5.32. The lowest BCUT2D eigenvalue weighted by Crippen LogP contribution is -2.43. The van der Waals surface area contributed by atoms with Crippen LogP contribution in [0.4, 0.5) is 5.69 Å². The Hall–Kier alpha value is -3.87. The molecule has 3 rings (SSSR count). The number of esters is 1. The second kappa shape index (κ2) is 9.36. The Morgan fingerprint density at radius 1 is 0.931 bits per heavy atom. The fraction of sp³-hybridized carbons (Fsp3) is 0.136. The van der Waals surface area contributed by atoms with Crippen molar-refractivity contribution in [3.05, 3.63) is 89.9 Å². The van der Waals surface area contributed by atoms with Crippen molar-refractivity contribution in [1.29, 1.82) is 0 Å². The standard InChI is InChI=1S/C22H20N2O5/c1-28-22(27)18(14-15-6-3-2-4-7-15)24-20(25)16-9-11-17(12-10-16)23-21(26)19-8-5-13-29-19/h2-13,18H,14H2,1H3,(H,23,26)(H,24,25)/t18-/m1/s1. The zero-order valence-corrected chi connectivity index (χ0v) is 15.8. The van der Waals surface area contributed by atoms with E-state index in [2.05, 4.69) is 10.6 Å². The van der Waals surface area contributed by atoms with Crippen LogP contribution >= 0.6 is 0 Å². The Morgan fingerprint density at radius 2 is 1.66 bits per heavy atom. The summed E-state index contributed by atoms with van der Waals surface area (Å²) in [5.74, 6) is -1.14. The Balaban J connectivity index is 1.65. The number of carbonyl (C=O) groups is 3. The Labute approximate surface area is 167 Å². The average Bonchev–Trinajstić information content (AvgIpc) is 3.29. The number of furan rings is 1. The van der Waals surface area contributed by atoms with Crippen LogP contribution in [0.3, 0.4) is 0 Å². The number of carbonyl (C=O) groups excluding carboxylic acids is 3. The molecule has 0 radical (unpaired) electrons. The van der Waals surface area contributed by atoms with Crippen molar-refractivity contribution in [2.24, 2.45) is 0 Å². The number of nitrogens with one attached hydrogen (secondary N) is 2. The van der Waals surface area contributed by atoms with Crippen molar-refractivity contribution >= 4 is 23.5 Å². The molecule has 0 aliphatic rings. The van der Waals surface area contributed by atoms with Crippen molar-refractivity contribution < 1.29 is 23.5 Å². The normalized spacial score (nSPS) is 11.3. The zero-order chi connectivity index (χ0) is 20.6. The lowest BCUT2D eigenvalue weighted by molar-refractivity contribution is -0.142. The van der Waals surface area contributed by atoms with Crippen molar-refractivity contribution in [2.45, 2.75) is 12.5 Å². The van der Waals surface area contributed by atoms with Crippen molar-refractivity contribution in [3.8, 4) is 0 Å². The van der Waals surface area contributed by atoms with Crippen LogP contribution < -0.4 is 10.6 Å². The smallest absolute Gasteiger partial charge is 0.328 e. The molecule has 2 amide bonds. The minimum absolute atomic E-state index is 0.189. The summed E-state index contributed by atoms with van der Waals surface area (Å²) in [6, 6.07) is 18.0. The van der Waals surface area contributed by atoms with Crippen molar-refractivity contribution in [2.75, 3.05) is 12.4 Å². The van der Waals surface area contributed by atoms with Gasteiger partial charge in [-0.25, -0.2) is 4.79 Å². The molecule has 0 spiro atoms. The highest BCUT2D eigenvalue weighted by Gasteiger charge is 2.22. The van der Waals surface area contributed by atoms with Crippen LogP contribution in [-0.2, 0) is 16.0 Å². The molecular formula is C22H20N2O5. The first-order valence-corrected chi connectivity index (χ1v) is 8.94. The first-order valence-electron chi connectivity index (χ1n) is 8.94. The molecule has 3 aromatic rings. The summed E-state index contributed by atoms with van der Waals surface area (Å²) in [5.41, 5.74) is 1.76. The highest BCUT2D eigenvalue weighted by atomic mass is 16.5. The molecule has 0 aliphatic heterocycles. The van der Waals surface area contributed by atoms with Gasteiger partial charge >= 0.3 is 5.97 Å². The fourth-order valence-electron chi connectivity index (χ4n) is 2.73. The highest BCUT2D eigenvalue weighted by Crippen LogP contribution is 2.13. The molecule has 29 heavy (non-hydrogen) atoms. The number of benzene rings is 2. The van der Waals surface area contributed by atoms with Crippen molar-refractivity contribution in [3.63, 3.8) is 0 Å². The second-order valence-electron chi connectivity index (χ2n) is 6.25. The molecule has 0 aliphatic carbocycles.